The minimum absolute atomic E-state index is 0.111. The molecule has 1 aromatic carbocycles. The first-order valence-electron chi connectivity index (χ1n) is 10.8. The number of likely N-dealkylation sites (tertiary alicyclic amines) is 1. The lowest BCUT2D eigenvalue weighted by molar-refractivity contribution is 0.111. The van der Waals surface area contributed by atoms with Gasteiger partial charge in [-0.05, 0) is 49.8 Å². The average Bonchev–Trinajstić information content (AvgIpc) is 3.23. The van der Waals surface area contributed by atoms with Crippen LogP contribution in [0.2, 0.25) is 5.02 Å². The summed E-state index contributed by atoms with van der Waals surface area (Å²) in [5.41, 5.74) is 1.05. The molecule has 2 aliphatic heterocycles. The first-order chi connectivity index (χ1) is 14.2. The van der Waals surface area contributed by atoms with Gasteiger partial charge < -0.3 is 25.0 Å². The number of aliphatic imine (C=N–C) groups is 1. The molecule has 6 nitrogen and oxygen atoms in total. The number of guanidine groups is 1. The molecule has 0 radical (unpaired) electrons. The zero-order valence-corrected chi connectivity index (χ0v) is 18.5. The number of methoxy groups -OCH3 is 1. The Morgan fingerprint density at radius 3 is 2.83 bits per heavy atom. The minimum Gasteiger partial charge on any atom is -0.381 e. The van der Waals surface area contributed by atoms with E-state index in [1.165, 1.54) is 13.0 Å². The van der Waals surface area contributed by atoms with Crippen molar-refractivity contribution >= 4 is 17.6 Å². The summed E-state index contributed by atoms with van der Waals surface area (Å²) >= 11 is 6.13. The van der Waals surface area contributed by atoms with Gasteiger partial charge in [0.25, 0.3) is 0 Å². The molecule has 2 heterocycles. The summed E-state index contributed by atoms with van der Waals surface area (Å²) in [7, 11) is 1.71. The lowest BCUT2D eigenvalue weighted by Crippen LogP contribution is -2.49. The van der Waals surface area contributed by atoms with Crippen LogP contribution in [-0.2, 0) is 9.47 Å². The van der Waals surface area contributed by atoms with Gasteiger partial charge in [0.05, 0.1) is 13.2 Å². The van der Waals surface area contributed by atoms with Crippen molar-refractivity contribution in [1.29, 1.82) is 0 Å². The second-order valence-corrected chi connectivity index (χ2v) is 8.38. The van der Waals surface area contributed by atoms with E-state index in [0.717, 1.165) is 68.2 Å². The van der Waals surface area contributed by atoms with E-state index < -0.39 is 0 Å². The Balaban J connectivity index is 1.50. The lowest BCUT2D eigenvalue weighted by atomic mass is 10.0. The summed E-state index contributed by atoms with van der Waals surface area (Å²) in [5, 5.41) is 7.71. The van der Waals surface area contributed by atoms with E-state index in [2.05, 4.69) is 22.5 Å². The van der Waals surface area contributed by atoms with E-state index in [4.69, 9.17) is 26.1 Å². The first-order valence-corrected chi connectivity index (χ1v) is 11.2. The molecule has 2 unspecified atom stereocenters. The highest BCUT2D eigenvalue weighted by Crippen LogP contribution is 2.21. The third-order valence-corrected chi connectivity index (χ3v) is 5.97. The number of rotatable bonds is 8. The number of halogens is 1. The van der Waals surface area contributed by atoms with E-state index in [1.54, 1.807) is 7.11 Å². The molecule has 3 rings (SSSR count). The molecule has 0 aliphatic carbocycles. The quantitative estimate of drug-likeness (QED) is 0.498. The predicted molar refractivity (Wildman–Crippen MR) is 119 cm³/mol. The lowest BCUT2D eigenvalue weighted by Gasteiger charge is -2.34. The van der Waals surface area contributed by atoms with Crippen LogP contribution < -0.4 is 10.6 Å². The maximum Gasteiger partial charge on any atom is 0.191 e. The van der Waals surface area contributed by atoms with Gasteiger partial charge in [-0.1, -0.05) is 23.7 Å². The SMILES string of the molecule is CCNC(=NCC(OC)c1cccc(Cl)c1)NC1CCN(CC2CCOC2)CC1. The van der Waals surface area contributed by atoms with Crippen LogP contribution in [0.5, 0.6) is 0 Å². The van der Waals surface area contributed by atoms with Crippen LogP contribution in [0.4, 0.5) is 0 Å². The van der Waals surface area contributed by atoms with Crippen molar-refractivity contribution in [2.75, 3.05) is 53.0 Å². The van der Waals surface area contributed by atoms with Crippen LogP contribution in [0.15, 0.2) is 29.3 Å². The van der Waals surface area contributed by atoms with Crippen molar-refractivity contribution in [3.8, 4) is 0 Å². The highest BCUT2D eigenvalue weighted by atomic mass is 35.5. The Morgan fingerprint density at radius 1 is 1.34 bits per heavy atom. The minimum atomic E-state index is -0.111. The maximum absolute atomic E-state index is 6.13. The average molecular weight is 423 g/mol. The molecule has 1 aromatic rings. The van der Waals surface area contributed by atoms with E-state index in [-0.39, 0.29) is 6.10 Å². The number of hydrogen-bond donors (Lipinski definition) is 2. The third kappa shape index (κ3) is 7.14. The fourth-order valence-corrected chi connectivity index (χ4v) is 4.26. The molecule has 2 fully saturated rings. The summed E-state index contributed by atoms with van der Waals surface area (Å²) in [6.45, 7) is 8.79. The summed E-state index contributed by atoms with van der Waals surface area (Å²) < 4.78 is 11.2. The van der Waals surface area contributed by atoms with Crippen molar-refractivity contribution in [3.63, 3.8) is 0 Å². The predicted octanol–water partition coefficient (Wildman–Crippen LogP) is 3.08. The fourth-order valence-electron chi connectivity index (χ4n) is 4.06. The molecule has 2 N–H and O–H groups in total. The largest absolute Gasteiger partial charge is 0.381 e. The second-order valence-electron chi connectivity index (χ2n) is 7.95. The van der Waals surface area contributed by atoms with Gasteiger partial charge in [-0.25, -0.2) is 0 Å². The van der Waals surface area contributed by atoms with Gasteiger partial charge in [0.1, 0.15) is 6.10 Å². The molecule has 0 amide bonds. The number of benzene rings is 1. The van der Waals surface area contributed by atoms with Crippen LogP contribution in [0.25, 0.3) is 0 Å². The molecule has 2 aliphatic rings. The Bertz CT molecular complexity index is 643. The monoisotopic (exact) mass is 422 g/mol. The molecule has 0 bridgehead atoms. The molecule has 0 spiro atoms. The molecule has 2 atom stereocenters. The van der Waals surface area contributed by atoms with E-state index >= 15 is 0 Å². The molecule has 29 heavy (non-hydrogen) atoms. The summed E-state index contributed by atoms with van der Waals surface area (Å²) in [6, 6.07) is 8.25. The van der Waals surface area contributed by atoms with Gasteiger partial charge >= 0.3 is 0 Å². The van der Waals surface area contributed by atoms with Crippen molar-refractivity contribution in [2.24, 2.45) is 10.9 Å². The molecule has 0 aromatic heterocycles. The Kier molecular flexibility index (Phi) is 9.05. The molecular formula is C22H35ClN4O2. The molecule has 162 valence electrons. The molecule has 2 saturated heterocycles. The third-order valence-electron chi connectivity index (χ3n) is 5.73. The molecular weight excluding hydrogens is 388 g/mol. The zero-order valence-electron chi connectivity index (χ0n) is 17.7. The number of nitrogens with zero attached hydrogens (tertiary/aromatic N) is 2. The fraction of sp³-hybridized carbons (Fsp3) is 0.682. The number of piperidine rings is 1. The van der Waals surface area contributed by atoms with Gasteiger partial charge in [0.2, 0.25) is 0 Å². The van der Waals surface area contributed by atoms with Crippen molar-refractivity contribution < 1.29 is 9.47 Å². The highest BCUT2D eigenvalue weighted by Gasteiger charge is 2.24. The zero-order chi connectivity index (χ0) is 20.5. The van der Waals surface area contributed by atoms with Crippen LogP contribution >= 0.6 is 11.6 Å². The maximum atomic E-state index is 6.13. The van der Waals surface area contributed by atoms with E-state index in [1.807, 2.05) is 24.3 Å². The van der Waals surface area contributed by atoms with Crippen LogP contribution in [0, 0.1) is 5.92 Å². The normalized spacial score (nSPS) is 22.6. The number of hydrogen-bond acceptors (Lipinski definition) is 4. The summed E-state index contributed by atoms with van der Waals surface area (Å²) in [4.78, 5) is 7.37. The Labute approximate surface area is 180 Å². The topological polar surface area (TPSA) is 58.1 Å². The van der Waals surface area contributed by atoms with Crippen LogP contribution in [-0.4, -0.2) is 69.9 Å². The van der Waals surface area contributed by atoms with Crippen molar-refractivity contribution in [3.05, 3.63) is 34.9 Å². The first kappa shape index (κ1) is 22.3. The van der Waals surface area contributed by atoms with Gasteiger partial charge in [0, 0.05) is 51.0 Å². The van der Waals surface area contributed by atoms with E-state index in [0.29, 0.717) is 12.6 Å². The molecule has 0 saturated carbocycles. The van der Waals surface area contributed by atoms with Gasteiger partial charge in [-0.15, -0.1) is 0 Å². The van der Waals surface area contributed by atoms with Crippen molar-refractivity contribution in [2.45, 2.75) is 38.3 Å². The standard InChI is InChI=1S/C22H35ClN4O2/c1-3-24-22(25-14-21(28-2)18-5-4-6-19(23)13-18)26-20-7-10-27(11-8-20)15-17-9-12-29-16-17/h4-6,13,17,20-21H,3,7-12,14-16H2,1-2H3,(H2,24,25,26). The summed E-state index contributed by atoms with van der Waals surface area (Å²) in [6.07, 6.45) is 3.38. The van der Waals surface area contributed by atoms with Gasteiger partial charge in [0.15, 0.2) is 5.96 Å². The smallest absolute Gasteiger partial charge is 0.191 e. The number of ether oxygens (including phenoxy) is 2. The van der Waals surface area contributed by atoms with E-state index in [9.17, 15) is 0 Å². The Hall–Kier alpha value is -1.34. The van der Waals surface area contributed by atoms with Crippen LogP contribution in [0.3, 0.4) is 0 Å². The Morgan fingerprint density at radius 2 is 2.17 bits per heavy atom. The molecule has 7 heteroatoms. The number of nitrogens with one attached hydrogen (secondary N) is 2. The highest BCUT2D eigenvalue weighted by molar-refractivity contribution is 6.30. The van der Waals surface area contributed by atoms with Gasteiger partial charge in [-0.3, -0.25) is 4.99 Å². The van der Waals surface area contributed by atoms with Crippen molar-refractivity contribution in [1.82, 2.24) is 15.5 Å². The van der Waals surface area contributed by atoms with Gasteiger partial charge in [-0.2, -0.15) is 0 Å². The second kappa shape index (κ2) is 11.7. The summed E-state index contributed by atoms with van der Waals surface area (Å²) in [5.74, 6) is 1.58. The van der Waals surface area contributed by atoms with Crippen LogP contribution in [0.1, 0.15) is 37.9 Å².